The van der Waals surface area contributed by atoms with Gasteiger partial charge in [-0.25, -0.2) is 0 Å². The fourth-order valence-electron chi connectivity index (χ4n) is 2.45. The van der Waals surface area contributed by atoms with Gasteiger partial charge in [0, 0.05) is 12.0 Å². The van der Waals surface area contributed by atoms with E-state index in [2.05, 4.69) is 6.58 Å². The lowest BCUT2D eigenvalue weighted by Crippen LogP contribution is -2.58. The van der Waals surface area contributed by atoms with Crippen molar-refractivity contribution in [3.8, 4) is 0 Å². The van der Waals surface area contributed by atoms with Gasteiger partial charge in [-0.15, -0.1) is 6.58 Å². The molecule has 1 aromatic rings. The molecule has 0 bridgehead atoms. The number of amides is 2. The van der Waals surface area contributed by atoms with Crippen LogP contribution in [0, 0.1) is 0 Å². The molecule has 0 aromatic heterocycles. The van der Waals surface area contributed by atoms with Gasteiger partial charge in [0.1, 0.15) is 0 Å². The van der Waals surface area contributed by atoms with Crippen LogP contribution in [0.25, 0.3) is 0 Å². The molecule has 4 nitrogen and oxygen atoms in total. The van der Waals surface area contributed by atoms with Gasteiger partial charge in [-0.2, -0.15) is 0 Å². The van der Waals surface area contributed by atoms with E-state index in [0.29, 0.717) is 31.6 Å². The monoisotopic (exact) mass is 273 g/mol. The molecular weight excluding hydrogens is 254 g/mol. The summed E-state index contributed by atoms with van der Waals surface area (Å²) in [5.41, 5.74) is -0.420. The van der Waals surface area contributed by atoms with Crippen LogP contribution in [0.2, 0.25) is 0 Å². The number of imide groups is 1. The lowest BCUT2D eigenvalue weighted by atomic mass is 9.92. The van der Waals surface area contributed by atoms with Crippen molar-refractivity contribution in [1.29, 1.82) is 0 Å². The molecule has 106 valence electrons. The fourth-order valence-corrected chi connectivity index (χ4v) is 2.45. The molecule has 2 rings (SSSR count). The van der Waals surface area contributed by atoms with Crippen molar-refractivity contribution in [1.82, 2.24) is 4.90 Å². The average molecular weight is 273 g/mol. The number of nitrogens with zero attached hydrogens (tertiary/aromatic N) is 1. The first kappa shape index (κ1) is 14.5. The van der Waals surface area contributed by atoms with Crippen LogP contribution in [0.4, 0.5) is 0 Å². The van der Waals surface area contributed by atoms with Crippen LogP contribution in [0.1, 0.15) is 30.1 Å². The first-order valence-electron chi connectivity index (χ1n) is 6.81. The number of hydrogen-bond donors (Lipinski definition) is 0. The summed E-state index contributed by atoms with van der Waals surface area (Å²) in [6.07, 6.45) is 2.61. The van der Waals surface area contributed by atoms with E-state index >= 15 is 0 Å². The number of carbonyl (C=O) groups excluding carboxylic acids is 2. The molecule has 0 N–H and O–H groups in total. The Morgan fingerprint density at radius 1 is 1.45 bits per heavy atom. The van der Waals surface area contributed by atoms with Gasteiger partial charge in [0.05, 0.1) is 13.2 Å². The molecule has 20 heavy (non-hydrogen) atoms. The Kier molecular flexibility index (Phi) is 4.35. The van der Waals surface area contributed by atoms with Crippen LogP contribution in [-0.4, -0.2) is 35.5 Å². The number of rotatable bonds is 4. The van der Waals surface area contributed by atoms with Gasteiger partial charge >= 0.3 is 0 Å². The van der Waals surface area contributed by atoms with E-state index < -0.39 is 5.60 Å². The Balaban J connectivity index is 2.26. The van der Waals surface area contributed by atoms with E-state index in [-0.39, 0.29) is 11.8 Å². The maximum atomic E-state index is 12.6. The van der Waals surface area contributed by atoms with Crippen LogP contribution in [-0.2, 0) is 9.53 Å². The zero-order valence-corrected chi connectivity index (χ0v) is 11.7. The third-order valence-electron chi connectivity index (χ3n) is 3.64. The predicted octanol–water partition coefficient (Wildman–Crippen LogP) is 2.41. The lowest BCUT2D eigenvalue weighted by molar-refractivity contribution is -0.167. The molecule has 1 aliphatic heterocycles. The van der Waals surface area contributed by atoms with Gasteiger partial charge < -0.3 is 4.74 Å². The van der Waals surface area contributed by atoms with E-state index in [9.17, 15) is 9.59 Å². The molecule has 0 saturated carbocycles. The highest BCUT2D eigenvalue weighted by Gasteiger charge is 2.45. The van der Waals surface area contributed by atoms with E-state index in [1.165, 1.54) is 4.90 Å². The number of ether oxygens (including phenoxy) is 1. The molecule has 1 heterocycles. The molecule has 1 atom stereocenters. The topological polar surface area (TPSA) is 46.6 Å². The van der Waals surface area contributed by atoms with E-state index in [1.54, 1.807) is 30.3 Å². The van der Waals surface area contributed by atoms with Crippen molar-refractivity contribution in [3.05, 3.63) is 48.6 Å². The summed E-state index contributed by atoms with van der Waals surface area (Å²) in [6.45, 7) is 6.23. The Bertz CT molecular complexity index is 512. The molecule has 1 saturated heterocycles. The number of benzene rings is 1. The molecule has 1 aromatic carbocycles. The maximum absolute atomic E-state index is 12.6. The SMILES string of the molecule is C=CC[C@]1(CC)OCCN(C(=O)c2ccccc2)C1=O. The Labute approximate surface area is 119 Å². The first-order valence-corrected chi connectivity index (χ1v) is 6.81. The smallest absolute Gasteiger partial charge is 0.262 e. The van der Waals surface area contributed by atoms with Crippen molar-refractivity contribution in [2.75, 3.05) is 13.2 Å². The van der Waals surface area contributed by atoms with Gasteiger partial charge in [0.2, 0.25) is 0 Å². The Morgan fingerprint density at radius 2 is 2.15 bits per heavy atom. The summed E-state index contributed by atoms with van der Waals surface area (Å²) in [4.78, 5) is 26.4. The summed E-state index contributed by atoms with van der Waals surface area (Å²) in [5, 5.41) is 0. The Hall–Kier alpha value is -1.94. The second-order valence-corrected chi connectivity index (χ2v) is 4.82. The van der Waals surface area contributed by atoms with E-state index in [0.717, 1.165) is 0 Å². The molecule has 0 radical (unpaired) electrons. The van der Waals surface area contributed by atoms with Crippen LogP contribution in [0.3, 0.4) is 0 Å². The average Bonchev–Trinajstić information content (AvgIpc) is 2.50. The highest BCUT2D eigenvalue weighted by molar-refractivity contribution is 6.07. The molecule has 0 aliphatic carbocycles. The molecule has 0 spiro atoms. The minimum absolute atomic E-state index is 0.263. The summed E-state index contributed by atoms with van der Waals surface area (Å²) in [5.74, 6) is -0.527. The van der Waals surface area contributed by atoms with Gasteiger partial charge in [0.25, 0.3) is 11.8 Å². The fraction of sp³-hybridized carbons (Fsp3) is 0.375. The number of carbonyl (C=O) groups is 2. The summed E-state index contributed by atoms with van der Waals surface area (Å²) in [7, 11) is 0. The first-order chi connectivity index (χ1) is 9.64. The van der Waals surface area contributed by atoms with Crippen molar-refractivity contribution in [2.45, 2.75) is 25.4 Å². The summed E-state index contributed by atoms with van der Waals surface area (Å²) in [6, 6.07) is 8.84. The molecule has 1 fully saturated rings. The minimum Gasteiger partial charge on any atom is -0.363 e. The zero-order valence-electron chi connectivity index (χ0n) is 11.7. The highest BCUT2D eigenvalue weighted by atomic mass is 16.5. The standard InChI is InChI=1S/C16H19NO3/c1-3-10-16(4-2)15(19)17(11-12-20-16)14(18)13-8-6-5-7-9-13/h3,5-9H,1,4,10-12H2,2H3/t16-/m0/s1. The highest BCUT2D eigenvalue weighted by Crippen LogP contribution is 2.28. The van der Waals surface area contributed by atoms with Gasteiger partial charge in [-0.1, -0.05) is 31.2 Å². The summed E-state index contributed by atoms with van der Waals surface area (Å²) >= 11 is 0. The minimum atomic E-state index is -0.940. The van der Waals surface area contributed by atoms with Crippen molar-refractivity contribution >= 4 is 11.8 Å². The quantitative estimate of drug-likeness (QED) is 0.625. The molecule has 2 amide bonds. The van der Waals surface area contributed by atoms with E-state index in [4.69, 9.17) is 4.74 Å². The predicted molar refractivity (Wildman–Crippen MR) is 76.3 cm³/mol. The summed E-state index contributed by atoms with van der Waals surface area (Å²) < 4.78 is 5.67. The Morgan fingerprint density at radius 3 is 2.75 bits per heavy atom. The largest absolute Gasteiger partial charge is 0.363 e. The second kappa shape index (κ2) is 6.01. The molecular formula is C16H19NO3. The normalized spacial score (nSPS) is 22.6. The van der Waals surface area contributed by atoms with Crippen LogP contribution < -0.4 is 0 Å². The van der Waals surface area contributed by atoms with Gasteiger partial charge in [-0.05, 0) is 18.6 Å². The van der Waals surface area contributed by atoms with E-state index in [1.807, 2.05) is 13.0 Å². The van der Waals surface area contributed by atoms with Crippen molar-refractivity contribution < 1.29 is 14.3 Å². The van der Waals surface area contributed by atoms with Crippen molar-refractivity contribution in [3.63, 3.8) is 0 Å². The van der Waals surface area contributed by atoms with Crippen LogP contribution >= 0.6 is 0 Å². The third kappa shape index (κ3) is 2.51. The number of morpholine rings is 1. The maximum Gasteiger partial charge on any atom is 0.262 e. The molecule has 0 unspecified atom stereocenters. The zero-order chi connectivity index (χ0) is 14.6. The molecule has 1 aliphatic rings. The third-order valence-corrected chi connectivity index (χ3v) is 3.64. The van der Waals surface area contributed by atoms with Crippen molar-refractivity contribution in [2.24, 2.45) is 0 Å². The lowest BCUT2D eigenvalue weighted by Gasteiger charge is -2.39. The van der Waals surface area contributed by atoms with Gasteiger partial charge in [-0.3, -0.25) is 14.5 Å². The van der Waals surface area contributed by atoms with Crippen LogP contribution in [0.5, 0.6) is 0 Å². The molecule has 4 heteroatoms. The van der Waals surface area contributed by atoms with Crippen LogP contribution in [0.15, 0.2) is 43.0 Å². The second-order valence-electron chi connectivity index (χ2n) is 4.82. The number of hydrogen-bond acceptors (Lipinski definition) is 3. The van der Waals surface area contributed by atoms with Gasteiger partial charge in [0.15, 0.2) is 5.60 Å².